The Bertz CT molecular complexity index is 538. The lowest BCUT2D eigenvalue weighted by Crippen LogP contribution is -2.13. The summed E-state index contributed by atoms with van der Waals surface area (Å²) in [4.78, 5) is 11.4. The second-order valence-electron chi connectivity index (χ2n) is 4.31. The number of aromatic amines is 1. The van der Waals surface area contributed by atoms with Gasteiger partial charge in [0.1, 0.15) is 11.3 Å². The zero-order valence-corrected chi connectivity index (χ0v) is 9.14. The minimum Gasteiger partial charge on any atom is -0.478 e. The summed E-state index contributed by atoms with van der Waals surface area (Å²) >= 11 is 0. The summed E-state index contributed by atoms with van der Waals surface area (Å²) in [7, 11) is 0. The molecule has 0 saturated heterocycles. The summed E-state index contributed by atoms with van der Waals surface area (Å²) in [5.74, 6) is -0.619. The molecule has 2 N–H and O–H groups in total. The third-order valence-electron chi connectivity index (χ3n) is 3.32. The van der Waals surface area contributed by atoms with Crippen LogP contribution in [-0.2, 0) is 0 Å². The van der Waals surface area contributed by atoms with E-state index in [0.717, 1.165) is 25.0 Å². The van der Waals surface area contributed by atoms with Crippen LogP contribution in [-0.4, -0.2) is 21.3 Å². The third-order valence-corrected chi connectivity index (χ3v) is 3.32. The van der Waals surface area contributed by atoms with Crippen molar-refractivity contribution in [1.29, 1.82) is 0 Å². The first-order valence-electron chi connectivity index (χ1n) is 5.61. The summed E-state index contributed by atoms with van der Waals surface area (Å²) < 4.78 is 4.97. The molecular weight excluding hydrogens is 220 g/mol. The second kappa shape index (κ2) is 3.76. The van der Waals surface area contributed by atoms with Crippen molar-refractivity contribution in [1.82, 2.24) is 10.2 Å². The molecule has 0 bridgehead atoms. The van der Waals surface area contributed by atoms with Gasteiger partial charge in [-0.3, -0.25) is 5.10 Å². The summed E-state index contributed by atoms with van der Waals surface area (Å²) in [6.45, 7) is 0. The molecule has 2 aromatic heterocycles. The first kappa shape index (κ1) is 10.1. The van der Waals surface area contributed by atoms with Gasteiger partial charge in [0.15, 0.2) is 0 Å². The summed E-state index contributed by atoms with van der Waals surface area (Å²) in [6, 6.07) is 1.72. The molecule has 0 aliphatic heterocycles. The van der Waals surface area contributed by atoms with Crippen LogP contribution >= 0.6 is 0 Å². The maximum Gasteiger partial charge on any atom is 0.339 e. The minimum absolute atomic E-state index is 0.288. The number of hydrogen-bond donors (Lipinski definition) is 2. The minimum atomic E-state index is -0.933. The van der Waals surface area contributed by atoms with Crippen LogP contribution in [0.15, 0.2) is 23.0 Å². The summed E-state index contributed by atoms with van der Waals surface area (Å²) in [5, 5.41) is 16.3. The predicted octanol–water partition coefficient (Wildman–Crippen LogP) is 2.64. The molecule has 0 atom stereocenters. The van der Waals surface area contributed by atoms with Gasteiger partial charge in [-0.15, -0.1) is 0 Å². The zero-order chi connectivity index (χ0) is 11.8. The number of rotatable bonds is 3. The molecule has 88 valence electrons. The van der Waals surface area contributed by atoms with Crippen molar-refractivity contribution >= 4 is 5.97 Å². The van der Waals surface area contributed by atoms with Crippen molar-refractivity contribution < 1.29 is 14.3 Å². The molecule has 5 nitrogen and oxygen atoms in total. The molecule has 0 aromatic carbocycles. The fourth-order valence-electron chi connectivity index (χ4n) is 2.17. The van der Waals surface area contributed by atoms with Gasteiger partial charge >= 0.3 is 5.97 Å². The Balaban J connectivity index is 2.10. The quantitative estimate of drug-likeness (QED) is 0.852. The number of carboxylic acid groups (broad SMARTS) is 1. The Labute approximate surface area is 97.5 Å². The van der Waals surface area contributed by atoms with Gasteiger partial charge in [-0.2, -0.15) is 5.10 Å². The van der Waals surface area contributed by atoms with E-state index in [0.29, 0.717) is 17.2 Å². The smallest absolute Gasteiger partial charge is 0.339 e. The number of aromatic carboxylic acids is 1. The van der Waals surface area contributed by atoms with Crippen LogP contribution < -0.4 is 0 Å². The highest BCUT2D eigenvalue weighted by Crippen LogP contribution is 2.39. The molecule has 1 fully saturated rings. The number of carbonyl (C=O) groups is 1. The first-order chi connectivity index (χ1) is 8.27. The highest BCUT2D eigenvalue weighted by atomic mass is 16.4. The molecule has 1 aliphatic carbocycles. The lowest BCUT2D eigenvalue weighted by Gasteiger charge is -2.24. The van der Waals surface area contributed by atoms with Crippen LogP contribution in [0.3, 0.4) is 0 Å². The third kappa shape index (κ3) is 1.54. The van der Waals surface area contributed by atoms with Gasteiger partial charge in [-0.25, -0.2) is 4.79 Å². The molecule has 2 heterocycles. The number of nitrogens with zero attached hydrogens (tertiary/aromatic N) is 1. The van der Waals surface area contributed by atoms with E-state index < -0.39 is 5.97 Å². The van der Waals surface area contributed by atoms with Crippen LogP contribution in [0.4, 0.5) is 0 Å². The molecule has 5 heteroatoms. The lowest BCUT2D eigenvalue weighted by molar-refractivity contribution is 0.0695. The second-order valence-corrected chi connectivity index (χ2v) is 4.31. The van der Waals surface area contributed by atoms with Crippen LogP contribution in [0.25, 0.3) is 11.3 Å². The first-order valence-corrected chi connectivity index (χ1v) is 5.61. The van der Waals surface area contributed by atoms with Gasteiger partial charge in [0.05, 0.1) is 18.2 Å². The fraction of sp³-hybridized carbons (Fsp3) is 0.333. The van der Waals surface area contributed by atoms with Crippen LogP contribution in [0.5, 0.6) is 0 Å². The van der Waals surface area contributed by atoms with Gasteiger partial charge < -0.3 is 9.52 Å². The largest absolute Gasteiger partial charge is 0.478 e. The molecule has 1 aliphatic rings. The van der Waals surface area contributed by atoms with Gasteiger partial charge in [0.2, 0.25) is 0 Å². The Morgan fingerprint density at radius 1 is 1.53 bits per heavy atom. The van der Waals surface area contributed by atoms with E-state index in [1.54, 1.807) is 6.07 Å². The molecule has 0 amide bonds. The number of H-pyrrole nitrogens is 1. The SMILES string of the molecule is O=C(O)c1c(-c2ccoc2)n[nH]c1C1CCC1. The molecule has 0 spiro atoms. The van der Waals surface area contributed by atoms with E-state index in [2.05, 4.69) is 10.2 Å². The molecule has 2 aromatic rings. The van der Waals surface area contributed by atoms with E-state index >= 15 is 0 Å². The topological polar surface area (TPSA) is 79.1 Å². The van der Waals surface area contributed by atoms with E-state index in [1.807, 2.05) is 0 Å². The van der Waals surface area contributed by atoms with Crippen LogP contribution in [0.2, 0.25) is 0 Å². The van der Waals surface area contributed by atoms with E-state index in [1.165, 1.54) is 12.5 Å². The normalized spacial score (nSPS) is 15.8. The van der Waals surface area contributed by atoms with Crippen molar-refractivity contribution in [3.63, 3.8) is 0 Å². The summed E-state index contributed by atoms with van der Waals surface area (Å²) in [5.41, 5.74) is 2.20. The number of carboxylic acids is 1. The summed E-state index contributed by atoms with van der Waals surface area (Å²) in [6.07, 6.45) is 6.25. The monoisotopic (exact) mass is 232 g/mol. The lowest BCUT2D eigenvalue weighted by atomic mass is 9.81. The molecule has 0 unspecified atom stereocenters. The Morgan fingerprint density at radius 3 is 2.88 bits per heavy atom. The number of nitrogens with one attached hydrogen (secondary N) is 1. The van der Waals surface area contributed by atoms with Crippen molar-refractivity contribution in [2.45, 2.75) is 25.2 Å². The van der Waals surface area contributed by atoms with Crippen molar-refractivity contribution in [3.05, 3.63) is 29.9 Å². The number of hydrogen-bond acceptors (Lipinski definition) is 3. The highest BCUT2D eigenvalue weighted by Gasteiger charge is 2.29. The van der Waals surface area contributed by atoms with E-state index in [9.17, 15) is 9.90 Å². The highest BCUT2D eigenvalue weighted by molar-refractivity contribution is 5.96. The average Bonchev–Trinajstić information content (AvgIpc) is 2.80. The maximum absolute atomic E-state index is 11.4. The molecule has 17 heavy (non-hydrogen) atoms. The van der Waals surface area contributed by atoms with Gasteiger partial charge in [-0.05, 0) is 18.9 Å². The standard InChI is InChI=1S/C12H12N2O3/c15-12(16)9-10(7-2-1-3-7)13-14-11(9)8-4-5-17-6-8/h4-7H,1-3H2,(H,13,14)(H,15,16). The molecule has 1 saturated carbocycles. The maximum atomic E-state index is 11.4. The Kier molecular flexibility index (Phi) is 2.24. The molecular formula is C12H12N2O3. The zero-order valence-electron chi connectivity index (χ0n) is 9.14. The molecule has 3 rings (SSSR count). The van der Waals surface area contributed by atoms with Crippen LogP contribution in [0.1, 0.15) is 41.2 Å². The van der Waals surface area contributed by atoms with Crippen molar-refractivity contribution in [2.75, 3.05) is 0 Å². The van der Waals surface area contributed by atoms with Gasteiger partial charge in [0.25, 0.3) is 0 Å². The van der Waals surface area contributed by atoms with Crippen molar-refractivity contribution in [2.24, 2.45) is 0 Å². The average molecular weight is 232 g/mol. The Morgan fingerprint density at radius 2 is 2.35 bits per heavy atom. The van der Waals surface area contributed by atoms with Gasteiger partial charge in [-0.1, -0.05) is 6.42 Å². The number of furan rings is 1. The number of aromatic nitrogens is 2. The van der Waals surface area contributed by atoms with E-state index in [4.69, 9.17) is 4.42 Å². The Hall–Kier alpha value is -2.04. The molecule has 0 radical (unpaired) electrons. The van der Waals surface area contributed by atoms with Crippen LogP contribution in [0, 0.1) is 0 Å². The van der Waals surface area contributed by atoms with Gasteiger partial charge in [0, 0.05) is 11.5 Å². The predicted molar refractivity (Wildman–Crippen MR) is 59.8 cm³/mol. The fourth-order valence-corrected chi connectivity index (χ4v) is 2.17. The van der Waals surface area contributed by atoms with Crippen molar-refractivity contribution in [3.8, 4) is 11.3 Å². The van der Waals surface area contributed by atoms with E-state index in [-0.39, 0.29) is 5.56 Å².